The summed E-state index contributed by atoms with van der Waals surface area (Å²) in [4.78, 5) is 37.6. The predicted octanol–water partition coefficient (Wildman–Crippen LogP) is 6.83. The number of nitriles is 2. The van der Waals surface area contributed by atoms with Gasteiger partial charge in [0.05, 0.1) is 24.3 Å². The van der Waals surface area contributed by atoms with Crippen LogP contribution in [0.5, 0.6) is 5.75 Å². The number of hydrogen-bond acceptors (Lipinski definition) is 11. The molecule has 1 atom stereocenters. The average molecular weight is 744 g/mol. The number of carbonyl (C=O) groups excluding carboxylic acids is 1. The maximum absolute atomic E-state index is 12.6. The van der Waals surface area contributed by atoms with Gasteiger partial charge < -0.3 is 25.4 Å². The number of hydrogen-bond donors (Lipinski definition) is 2. The third-order valence-corrected chi connectivity index (χ3v) is 10.6. The number of aromatic nitrogens is 2. The number of carboxylic acid groups (broad SMARTS) is 1. The topological polar surface area (TPSA) is 169 Å². The van der Waals surface area contributed by atoms with Gasteiger partial charge in [0.15, 0.2) is 0 Å². The predicted molar refractivity (Wildman–Crippen MR) is 200 cm³/mol. The molecular weight excluding hydrogens is 706 g/mol. The Balaban J connectivity index is 1.40. The van der Waals surface area contributed by atoms with Crippen molar-refractivity contribution in [1.29, 1.82) is 10.5 Å². The third kappa shape index (κ3) is 9.18. The van der Waals surface area contributed by atoms with Crippen LogP contribution < -0.4 is 15.4 Å². The molecule has 1 aliphatic heterocycles. The van der Waals surface area contributed by atoms with Crippen molar-refractivity contribution in [2.24, 2.45) is 11.7 Å². The highest BCUT2D eigenvalue weighted by Gasteiger charge is 2.30. The summed E-state index contributed by atoms with van der Waals surface area (Å²) < 4.78 is 5.93. The number of anilines is 1. The fraction of sp³-hybridized carbons (Fsp3) is 0.351. The first-order chi connectivity index (χ1) is 24.6. The van der Waals surface area contributed by atoms with E-state index in [1.54, 1.807) is 24.3 Å². The number of carbonyl (C=O) groups is 2. The van der Waals surface area contributed by atoms with Crippen LogP contribution in [0.25, 0.3) is 21.7 Å². The molecule has 1 aliphatic rings. The quantitative estimate of drug-likeness (QED) is 0.122. The number of amides is 1. The van der Waals surface area contributed by atoms with E-state index in [0.717, 1.165) is 42.2 Å². The lowest BCUT2D eigenvalue weighted by molar-refractivity contribution is -0.150. The van der Waals surface area contributed by atoms with Crippen molar-refractivity contribution in [1.82, 2.24) is 14.9 Å². The van der Waals surface area contributed by atoms with Crippen molar-refractivity contribution in [3.05, 3.63) is 75.8 Å². The molecule has 0 saturated carbocycles. The highest BCUT2D eigenvalue weighted by atomic mass is 35.5. The number of carboxylic acids is 1. The Kier molecular flexibility index (Phi) is 12.9. The van der Waals surface area contributed by atoms with E-state index < -0.39 is 17.9 Å². The van der Waals surface area contributed by atoms with Crippen molar-refractivity contribution in [3.8, 4) is 39.6 Å². The summed E-state index contributed by atoms with van der Waals surface area (Å²) in [7, 11) is 0. The first-order valence-corrected chi connectivity index (χ1v) is 18.8. The number of nitrogens with two attached hydrogens (primary N) is 1. The van der Waals surface area contributed by atoms with Crippen LogP contribution in [0.1, 0.15) is 49.9 Å². The van der Waals surface area contributed by atoms with Crippen molar-refractivity contribution < 1.29 is 19.4 Å². The zero-order chi connectivity index (χ0) is 36.5. The maximum atomic E-state index is 12.6. The summed E-state index contributed by atoms with van der Waals surface area (Å²) in [6.07, 6.45) is 2.27. The molecule has 1 fully saturated rings. The van der Waals surface area contributed by atoms with Crippen LogP contribution in [0.3, 0.4) is 0 Å². The summed E-state index contributed by atoms with van der Waals surface area (Å²) in [6, 6.07) is 18.2. The van der Waals surface area contributed by atoms with Crippen molar-refractivity contribution in [2.75, 3.05) is 37.7 Å². The van der Waals surface area contributed by atoms with Crippen LogP contribution in [0.4, 0.5) is 5.82 Å². The molecule has 0 spiro atoms. The number of pyridine rings is 1. The number of thioether (sulfide) groups is 1. The summed E-state index contributed by atoms with van der Waals surface area (Å²) >= 11 is 9.00. The van der Waals surface area contributed by atoms with Gasteiger partial charge >= 0.3 is 5.97 Å². The molecule has 264 valence electrons. The van der Waals surface area contributed by atoms with E-state index in [4.69, 9.17) is 32.0 Å². The van der Waals surface area contributed by atoms with Gasteiger partial charge in [-0.1, -0.05) is 61.5 Å². The lowest BCUT2D eigenvalue weighted by atomic mass is 9.96. The molecule has 0 radical (unpaired) electrons. The molecule has 11 nitrogen and oxygen atoms in total. The van der Waals surface area contributed by atoms with E-state index in [2.05, 4.69) is 17.0 Å². The lowest BCUT2D eigenvalue weighted by Gasteiger charge is -2.29. The Bertz CT molecular complexity index is 1930. The number of benzene rings is 2. The van der Waals surface area contributed by atoms with Crippen LogP contribution in [-0.4, -0.2) is 70.7 Å². The second-order valence-electron chi connectivity index (χ2n) is 12.4. The minimum atomic E-state index is -1.09. The summed E-state index contributed by atoms with van der Waals surface area (Å²) in [5, 5.41) is 34.7. The monoisotopic (exact) mass is 743 g/mol. The molecule has 2 aromatic carbocycles. The van der Waals surface area contributed by atoms with Gasteiger partial charge in [-0.05, 0) is 55.0 Å². The molecule has 14 heteroatoms. The minimum absolute atomic E-state index is 0.0446. The fourth-order valence-corrected chi connectivity index (χ4v) is 7.84. The number of halogens is 1. The van der Waals surface area contributed by atoms with Gasteiger partial charge in [0.25, 0.3) is 0 Å². The molecule has 0 unspecified atom stereocenters. The van der Waals surface area contributed by atoms with Crippen molar-refractivity contribution in [2.45, 2.75) is 49.9 Å². The Morgan fingerprint density at radius 1 is 1.06 bits per heavy atom. The van der Waals surface area contributed by atoms with E-state index in [1.165, 1.54) is 28.0 Å². The number of nitrogens with zero attached hydrogens (tertiary/aromatic N) is 6. The second-order valence-corrected chi connectivity index (χ2v) is 14.6. The normalized spacial score (nSPS) is 13.1. The third-order valence-electron chi connectivity index (χ3n) is 8.37. The first-order valence-electron chi connectivity index (χ1n) is 16.5. The Morgan fingerprint density at radius 2 is 1.73 bits per heavy atom. The van der Waals surface area contributed by atoms with E-state index in [-0.39, 0.29) is 32.0 Å². The molecule has 2 aromatic heterocycles. The maximum Gasteiger partial charge on any atom is 0.326 e. The Hall–Kier alpha value is -4.66. The van der Waals surface area contributed by atoms with Crippen molar-refractivity contribution >= 4 is 52.4 Å². The van der Waals surface area contributed by atoms with Gasteiger partial charge in [-0.2, -0.15) is 10.5 Å². The van der Waals surface area contributed by atoms with E-state index in [0.29, 0.717) is 49.6 Å². The molecule has 51 heavy (non-hydrogen) atoms. The Morgan fingerprint density at radius 3 is 2.33 bits per heavy atom. The van der Waals surface area contributed by atoms with E-state index >= 15 is 0 Å². The van der Waals surface area contributed by atoms with Crippen molar-refractivity contribution in [3.63, 3.8) is 0 Å². The molecule has 5 rings (SSSR count). The van der Waals surface area contributed by atoms with Gasteiger partial charge in [0, 0.05) is 40.4 Å². The summed E-state index contributed by atoms with van der Waals surface area (Å²) in [5.74, 6) is 0.0250. The van der Waals surface area contributed by atoms with Gasteiger partial charge in [-0.15, -0.1) is 11.3 Å². The largest absolute Gasteiger partial charge is 0.492 e. The molecular formula is C37H38ClN7O4S2. The zero-order valence-electron chi connectivity index (χ0n) is 28.3. The van der Waals surface area contributed by atoms with Gasteiger partial charge in [0.2, 0.25) is 5.91 Å². The molecule has 4 aromatic rings. The molecule has 3 N–H and O–H groups in total. The van der Waals surface area contributed by atoms with E-state index in [9.17, 15) is 25.2 Å². The van der Waals surface area contributed by atoms with Gasteiger partial charge in [0.1, 0.15) is 52.0 Å². The molecule has 3 heterocycles. The van der Waals surface area contributed by atoms with Crippen LogP contribution in [0, 0.1) is 28.6 Å². The second kappa shape index (κ2) is 17.5. The molecule has 0 bridgehead atoms. The van der Waals surface area contributed by atoms with Gasteiger partial charge in [-0.3, -0.25) is 4.79 Å². The number of thiazole rings is 1. The SMILES string of the molecule is CC(C)C[C@@H](C(=O)O)N(CCOc1ccc(-c2c(C#N)c(SCc3csc(-c4ccc(Cl)cc4)n3)nc(N3CCCC3)c2C#N)cc1)C(=O)CN. The van der Waals surface area contributed by atoms with E-state index in [1.807, 2.05) is 43.5 Å². The lowest BCUT2D eigenvalue weighted by Crippen LogP contribution is -2.49. The van der Waals surface area contributed by atoms with Gasteiger partial charge in [-0.25, -0.2) is 14.8 Å². The summed E-state index contributed by atoms with van der Waals surface area (Å²) in [5.41, 5.74) is 9.22. The Labute approximate surface area is 310 Å². The number of ether oxygens (including phenoxy) is 1. The van der Waals surface area contributed by atoms with Crippen LogP contribution in [0.15, 0.2) is 58.9 Å². The standard InChI is InChI=1S/C37H38ClN7O4S2/c1-23(2)17-31(37(47)48)45(32(46)20-41)15-16-49-28-11-7-24(8-12-28)33-29(18-39)34(44-13-3-4-14-44)43-36(30(33)19-40)51-22-27-21-50-35(42-27)25-5-9-26(38)10-6-25/h5-12,21,23,31H,3-4,13-17,20,22,41H2,1-2H3,(H,47,48)/t31-/m0/s1. The van der Waals surface area contributed by atoms with Crippen LogP contribution in [-0.2, 0) is 15.3 Å². The summed E-state index contributed by atoms with van der Waals surface area (Å²) in [6.45, 7) is 5.11. The fourth-order valence-electron chi connectivity index (χ4n) is 5.91. The minimum Gasteiger partial charge on any atom is -0.492 e. The molecule has 1 saturated heterocycles. The highest BCUT2D eigenvalue weighted by molar-refractivity contribution is 7.98. The zero-order valence-corrected chi connectivity index (χ0v) is 30.7. The highest BCUT2D eigenvalue weighted by Crippen LogP contribution is 2.40. The van der Waals surface area contributed by atoms with Crippen LogP contribution >= 0.6 is 34.7 Å². The first kappa shape index (κ1) is 37.6. The molecule has 0 aliphatic carbocycles. The smallest absolute Gasteiger partial charge is 0.326 e. The number of aliphatic carboxylic acids is 1. The average Bonchev–Trinajstić information content (AvgIpc) is 3.84. The van der Waals surface area contributed by atoms with Crippen LogP contribution in [0.2, 0.25) is 5.02 Å². The molecule has 1 amide bonds. The number of rotatable bonds is 15.